The summed E-state index contributed by atoms with van der Waals surface area (Å²) in [5.74, 6) is 0. The molecule has 0 aliphatic carbocycles. The molecule has 0 amide bonds. The van der Waals surface area contributed by atoms with E-state index in [0.717, 1.165) is 22.5 Å². The molecule has 0 saturated heterocycles. The fourth-order valence-electron chi connectivity index (χ4n) is 2.18. The summed E-state index contributed by atoms with van der Waals surface area (Å²) < 4.78 is 1.62. The molecule has 1 atom stereocenters. The van der Waals surface area contributed by atoms with Gasteiger partial charge in [0, 0.05) is 25.2 Å². The first kappa shape index (κ1) is 12.6. The van der Waals surface area contributed by atoms with E-state index in [1.54, 1.807) is 24.1 Å². The molecule has 20 heavy (non-hydrogen) atoms. The van der Waals surface area contributed by atoms with Gasteiger partial charge in [-0.25, -0.2) is 0 Å². The number of aliphatic hydroxyl groups is 1. The minimum atomic E-state index is -0.666. The second kappa shape index (κ2) is 5.26. The average Bonchev–Trinajstić information content (AvgIpc) is 3.09. The van der Waals surface area contributed by atoms with E-state index in [1.807, 2.05) is 30.3 Å². The molecule has 0 bridgehead atoms. The highest BCUT2D eigenvalue weighted by Crippen LogP contribution is 2.27. The number of aryl methyl sites for hydroxylation is 1. The van der Waals surface area contributed by atoms with Crippen molar-refractivity contribution in [3.05, 3.63) is 54.0 Å². The van der Waals surface area contributed by atoms with Gasteiger partial charge in [-0.1, -0.05) is 35.5 Å². The van der Waals surface area contributed by atoms with Crippen LogP contribution in [0.5, 0.6) is 0 Å². The number of benzene rings is 1. The number of aromatic amines is 1. The quantitative estimate of drug-likeness (QED) is 0.752. The van der Waals surface area contributed by atoms with Crippen molar-refractivity contribution in [2.24, 2.45) is 7.05 Å². The van der Waals surface area contributed by atoms with Crippen LogP contribution in [0.1, 0.15) is 17.4 Å². The van der Waals surface area contributed by atoms with Crippen LogP contribution in [-0.2, 0) is 13.5 Å². The Hall–Kier alpha value is -2.47. The molecule has 1 unspecified atom stereocenters. The average molecular weight is 269 g/mol. The summed E-state index contributed by atoms with van der Waals surface area (Å²) in [4.78, 5) is 0. The van der Waals surface area contributed by atoms with Crippen molar-refractivity contribution >= 4 is 0 Å². The number of nitrogens with one attached hydrogen (secondary N) is 1. The van der Waals surface area contributed by atoms with Gasteiger partial charge in [0.1, 0.15) is 0 Å². The maximum atomic E-state index is 10.4. The zero-order chi connectivity index (χ0) is 13.9. The van der Waals surface area contributed by atoms with Crippen molar-refractivity contribution in [1.29, 1.82) is 0 Å². The number of aromatic nitrogens is 5. The molecule has 0 aliphatic heterocycles. The fourth-order valence-corrected chi connectivity index (χ4v) is 2.18. The Kier molecular flexibility index (Phi) is 3.30. The third-order valence-electron chi connectivity index (χ3n) is 3.14. The molecular weight excluding hydrogens is 254 g/mol. The van der Waals surface area contributed by atoms with Gasteiger partial charge >= 0.3 is 0 Å². The van der Waals surface area contributed by atoms with Crippen molar-refractivity contribution in [3.63, 3.8) is 0 Å². The largest absolute Gasteiger partial charge is 0.388 e. The number of H-pyrrole nitrogens is 1. The van der Waals surface area contributed by atoms with E-state index in [0.29, 0.717) is 6.42 Å². The van der Waals surface area contributed by atoms with Crippen LogP contribution >= 0.6 is 0 Å². The van der Waals surface area contributed by atoms with Gasteiger partial charge in [0.25, 0.3) is 0 Å². The molecule has 0 fully saturated rings. The minimum Gasteiger partial charge on any atom is -0.388 e. The maximum Gasteiger partial charge on any atom is 0.0883 e. The van der Waals surface area contributed by atoms with Gasteiger partial charge < -0.3 is 5.11 Å². The topological polar surface area (TPSA) is 79.6 Å². The van der Waals surface area contributed by atoms with Crippen molar-refractivity contribution in [3.8, 4) is 11.3 Å². The third kappa shape index (κ3) is 2.46. The molecule has 2 aromatic heterocycles. The van der Waals surface area contributed by atoms with Crippen LogP contribution in [0.4, 0.5) is 0 Å². The summed E-state index contributed by atoms with van der Waals surface area (Å²) in [6, 6.07) is 9.82. The van der Waals surface area contributed by atoms with Crippen LogP contribution in [0, 0.1) is 0 Å². The standard InChI is InChI=1S/C14H15N5O/c1-19-9-11(16-18-19)7-13(20)12-8-15-17-14(12)10-5-3-2-4-6-10/h2-6,8-9,13,20H,7H2,1H3,(H,15,17). The molecule has 2 heterocycles. The normalized spacial score (nSPS) is 12.5. The van der Waals surface area contributed by atoms with Crippen LogP contribution in [0.15, 0.2) is 42.7 Å². The molecule has 6 nitrogen and oxygen atoms in total. The van der Waals surface area contributed by atoms with Gasteiger partial charge in [0.15, 0.2) is 0 Å². The van der Waals surface area contributed by atoms with Crippen molar-refractivity contribution in [1.82, 2.24) is 25.2 Å². The molecule has 3 rings (SSSR count). The van der Waals surface area contributed by atoms with Crippen molar-refractivity contribution < 1.29 is 5.11 Å². The van der Waals surface area contributed by atoms with Crippen LogP contribution in [0.2, 0.25) is 0 Å². The first-order valence-corrected chi connectivity index (χ1v) is 6.36. The molecule has 0 spiro atoms. The third-order valence-corrected chi connectivity index (χ3v) is 3.14. The lowest BCUT2D eigenvalue weighted by Gasteiger charge is -2.09. The number of nitrogens with zero attached hydrogens (tertiary/aromatic N) is 4. The Morgan fingerprint density at radius 3 is 2.80 bits per heavy atom. The number of hydrogen-bond donors (Lipinski definition) is 2. The first-order chi connectivity index (χ1) is 9.74. The Morgan fingerprint density at radius 2 is 2.10 bits per heavy atom. The van der Waals surface area contributed by atoms with Gasteiger partial charge in [0.05, 0.1) is 23.7 Å². The maximum absolute atomic E-state index is 10.4. The van der Waals surface area contributed by atoms with E-state index >= 15 is 0 Å². The number of hydrogen-bond acceptors (Lipinski definition) is 4. The van der Waals surface area contributed by atoms with Crippen LogP contribution in [0.3, 0.4) is 0 Å². The number of aliphatic hydroxyl groups excluding tert-OH is 1. The molecular formula is C14H15N5O. The van der Waals surface area contributed by atoms with E-state index < -0.39 is 6.10 Å². The summed E-state index contributed by atoms with van der Waals surface area (Å²) in [6.45, 7) is 0. The second-order valence-electron chi connectivity index (χ2n) is 4.67. The summed E-state index contributed by atoms with van der Waals surface area (Å²) in [5.41, 5.74) is 3.35. The van der Waals surface area contributed by atoms with Crippen LogP contribution < -0.4 is 0 Å². The first-order valence-electron chi connectivity index (χ1n) is 6.36. The summed E-state index contributed by atoms with van der Waals surface area (Å²) in [7, 11) is 1.80. The molecule has 6 heteroatoms. The van der Waals surface area contributed by atoms with E-state index in [4.69, 9.17) is 0 Å². The highest BCUT2D eigenvalue weighted by molar-refractivity contribution is 5.62. The Balaban J connectivity index is 1.86. The fraction of sp³-hybridized carbons (Fsp3) is 0.214. The lowest BCUT2D eigenvalue weighted by molar-refractivity contribution is 0.178. The van der Waals surface area contributed by atoms with Crippen LogP contribution in [-0.4, -0.2) is 30.3 Å². The smallest absolute Gasteiger partial charge is 0.0883 e. The summed E-state index contributed by atoms with van der Waals surface area (Å²) in [5, 5.41) is 25.2. The highest BCUT2D eigenvalue weighted by Gasteiger charge is 2.17. The molecule has 1 aromatic carbocycles. The van der Waals surface area contributed by atoms with E-state index in [9.17, 15) is 5.11 Å². The zero-order valence-electron chi connectivity index (χ0n) is 11.1. The molecule has 102 valence electrons. The lowest BCUT2D eigenvalue weighted by Crippen LogP contribution is -2.03. The summed E-state index contributed by atoms with van der Waals surface area (Å²) in [6.07, 6.45) is 3.20. The van der Waals surface area contributed by atoms with Gasteiger partial charge in [-0.2, -0.15) is 5.10 Å². The van der Waals surface area contributed by atoms with Crippen molar-refractivity contribution in [2.75, 3.05) is 0 Å². The minimum absolute atomic E-state index is 0.410. The van der Waals surface area contributed by atoms with E-state index in [2.05, 4.69) is 20.5 Å². The monoisotopic (exact) mass is 269 g/mol. The lowest BCUT2D eigenvalue weighted by atomic mass is 10.0. The number of rotatable bonds is 4. The van der Waals surface area contributed by atoms with Gasteiger partial charge in [-0.15, -0.1) is 5.10 Å². The van der Waals surface area contributed by atoms with Crippen LogP contribution in [0.25, 0.3) is 11.3 Å². The van der Waals surface area contributed by atoms with Gasteiger partial charge in [0.2, 0.25) is 0 Å². The molecule has 0 saturated carbocycles. The Bertz CT molecular complexity index is 688. The molecule has 0 radical (unpaired) electrons. The molecule has 3 aromatic rings. The van der Waals surface area contributed by atoms with E-state index in [1.165, 1.54) is 0 Å². The van der Waals surface area contributed by atoms with Gasteiger partial charge in [-0.3, -0.25) is 9.78 Å². The molecule has 2 N–H and O–H groups in total. The predicted octanol–water partition coefficient (Wildman–Crippen LogP) is 1.48. The highest BCUT2D eigenvalue weighted by atomic mass is 16.3. The SMILES string of the molecule is Cn1cc(CC(O)c2cn[nH]c2-c2ccccc2)nn1. The summed E-state index contributed by atoms with van der Waals surface area (Å²) >= 11 is 0. The predicted molar refractivity (Wildman–Crippen MR) is 73.7 cm³/mol. The molecule has 0 aliphatic rings. The second-order valence-corrected chi connectivity index (χ2v) is 4.67. The Morgan fingerprint density at radius 1 is 1.30 bits per heavy atom. The van der Waals surface area contributed by atoms with E-state index in [-0.39, 0.29) is 0 Å². The van der Waals surface area contributed by atoms with Crippen molar-refractivity contribution in [2.45, 2.75) is 12.5 Å². The zero-order valence-corrected chi connectivity index (χ0v) is 11.1. The Labute approximate surface area is 116 Å². The van der Waals surface area contributed by atoms with Gasteiger partial charge in [-0.05, 0) is 5.56 Å².